The molecule has 1 rings (SSSR count). The normalized spacial score (nSPS) is 23.0. The second kappa shape index (κ2) is 15.4. The highest BCUT2D eigenvalue weighted by Gasteiger charge is 2.53. The molecule has 216 valence electrons. The van der Waals surface area contributed by atoms with Crippen LogP contribution in [-0.2, 0) is 66.7 Å². The van der Waals surface area contributed by atoms with Crippen molar-refractivity contribution in [2.24, 2.45) is 0 Å². The van der Waals surface area contributed by atoms with Crippen LogP contribution in [-0.4, -0.2) is 97.8 Å². The third kappa shape index (κ3) is 9.72. The molecule has 0 aromatic carbocycles. The first kappa shape index (κ1) is 33.1. The summed E-state index contributed by atoms with van der Waals surface area (Å²) < 4.78 is 42.1. The number of alkyl halides is 1. The number of hydrogen-bond acceptors (Lipinski definition) is 14. The Labute approximate surface area is 224 Å². The molecule has 0 aromatic heterocycles. The standard InChI is InChI=1S/C23H33ClO14/c1-7-31-21(29)23(24,22(30)32-8-2)9-10-33-20-19(37-15(6)28)18(36-14(5)27)17(35-13(4)26)16(38-20)11-34-12(3)25/h16-20H,7-11H2,1-6H3/t16-,17-,18+,19-,20?/m1/s1. The van der Waals surface area contributed by atoms with Gasteiger partial charge in [-0.15, -0.1) is 0 Å². The van der Waals surface area contributed by atoms with Crippen LogP contribution in [0.25, 0.3) is 0 Å². The lowest BCUT2D eigenvalue weighted by molar-refractivity contribution is -0.308. The average Bonchev–Trinajstić information content (AvgIpc) is 2.80. The molecule has 0 spiro atoms. The molecule has 0 bridgehead atoms. The van der Waals surface area contributed by atoms with Crippen LogP contribution in [0.5, 0.6) is 0 Å². The minimum Gasteiger partial charge on any atom is -0.464 e. The van der Waals surface area contributed by atoms with Gasteiger partial charge >= 0.3 is 35.8 Å². The fraction of sp³-hybridized carbons (Fsp3) is 0.739. The lowest BCUT2D eigenvalue weighted by Gasteiger charge is -2.44. The van der Waals surface area contributed by atoms with Crippen molar-refractivity contribution in [3.05, 3.63) is 0 Å². The van der Waals surface area contributed by atoms with Gasteiger partial charge in [-0.05, 0) is 13.8 Å². The van der Waals surface area contributed by atoms with Crippen LogP contribution >= 0.6 is 11.6 Å². The third-order valence-corrected chi connectivity index (χ3v) is 5.37. The first-order chi connectivity index (χ1) is 17.8. The van der Waals surface area contributed by atoms with Gasteiger partial charge < -0.3 is 37.9 Å². The summed E-state index contributed by atoms with van der Waals surface area (Å²) in [4.78, 5) is 69.5. The van der Waals surface area contributed by atoms with Gasteiger partial charge in [0.25, 0.3) is 0 Å². The van der Waals surface area contributed by atoms with E-state index in [1.54, 1.807) is 0 Å². The van der Waals surface area contributed by atoms with Crippen molar-refractivity contribution < 1.29 is 66.7 Å². The van der Waals surface area contributed by atoms with Gasteiger partial charge in [0.1, 0.15) is 12.7 Å². The Bertz CT molecular complexity index is 856. The quantitative estimate of drug-likeness (QED) is 0.130. The van der Waals surface area contributed by atoms with Crippen LogP contribution in [0.3, 0.4) is 0 Å². The topological polar surface area (TPSA) is 176 Å². The monoisotopic (exact) mass is 568 g/mol. The Morgan fingerprint density at radius 3 is 1.63 bits per heavy atom. The van der Waals surface area contributed by atoms with Gasteiger partial charge in [-0.25, -0.2) is 9.59 Å². The van der Waals surface area contributed by atoms with Gasteiger partial charge in [-0.2, -0.15) is 0 Å². The van der Waals surface area contributed by atoms with E-state index in [1.807, 2.05) is 0 Å². The zero-order chi connectivity index (χ0) is 29.0. The first-order valence-corrected chi connectivity index (χ1v) is 12.1. The predicted octanol–water partition coefficient (Wildman–Crippen LogP) is 0.580. The summed E-state index contributed by atoms with van der Waals surface area (Å²) in [5.74, 6) is -5.25. The molecule has 1 aliphatic rings. The number of hydrogen-bond donors (Lipinski definition) is 0. The SMILES string of the molecule is CCOC(=O)C(Cl)(CCOC1O[C@H](COC(C)=O)[C@@H](OC(C)=O)[C@H](OC(C)=O)[C@H]1OC(C)=O)C(=O)OCC. The van der Waals surface area contributed by atoms with E-state index in [0.29, 0.717) is 0 Å². The van der Waals surface area contributed by atoms with Gasteiger partial charge in [0.15, 0.2) is 24.6 Å². The third-order valence-electron chi connectivity index (χ3n) is 4.87. The number of carbonyl (C=O) groups excluding carboxylic acids is 6. The molecular formula is C23H33ClO14. The largest absolute Gasteiger partial charge is 0.464 e. The van der Waals surface area contributed by atoms with Crippen molar-refractivity contribution in [2.75, 3.05) is 26.4 Å². The molecule has 0 aliphatic carbocycles. The summed E-state index contributed by atoms with van der Waals surface area (Å²) >= 11 is 6.29. The zero-order valence-electron chi connectivity index (χ0n) is 22.0. The molecule has 5 atom stereocenters. The molecule has 0 amide bonds. The summed E-state index contributed by atoms with van der Waals surface area (Å²) in [6.45, 7) is 6.37. The van der Waals surface area contributed by atoms with Crippen molar-refractivity contribution >= 4 is 47.4 Å². The first-order valence-electron chi connectivity index (χ1n) is 11.7. The highest BCUT2D eigenvalue weighted by atomic mass is 35.5. The van der Waals surface area contributed by atoms with Crippen LogP contribution in [0.4, 0.5) is 0 Å². The van der Waals surface area contributed by atoms with E-state index in [-0.39, 0.29) is 13.2 Å². The van der Waals surface area contributed by atoms with Crippen molar-refractivity contribution in [2.45, 2.75) is 83.5 Å². The fourth-order valence-corrected chi connectivity index (χ4v) is 3.60. The highest BCUT2D eigenvalue weighted by Crippen LogP contribution is 2.31. The molecule has 38 heavy (non-hydrogen) atoms. The second-order valence-corrected chi connectivity index (χ2v) is 8.58. The van der Waals surface area contributed by atoms with E-state index in [2.05, 4.69) is 0 Å². The molecule has 1 unspecified atom stereocenters. The maximum Gasteiger partial charge on any atom is 0.338 e. The number of rotatable bonds is 13. The predicted molar refractivity (Wildman–Crippen MR) is 124 cm³/mol. The minimum absolute atomic E-state index is 0.0622. The summed E-state index contributed by atoms with van der Waals surface area (Å²) in [5, 5.41) is 0. The zero-order valence-corrected chi connectivity index (χ0v) is 22.8. The molecule has 15 heteroatoms. The van der Waals surface area contributed by atoms with Crippen LogP contribution in [0, 0.1) is 0 Å². The van der Waals surface area contributed by atoms with E-state index >= 15 is 0 Å². The molecular weight excluding hydrogens is 536 g/mol. The Morgan fingerprint density at radius 2 is 1.18 bits per heavy atom. The summed E-state index contributed by atoms with van der Waals surface area (Å²) in [5.41, 5.74) is 0. The van der Waals surface area contributed by atoms with Gasteiger partial charge in [0.05, 0.1) is 19.8 Å². The van der Waals surface area contributed by atoms with E-state index in [1.165, 1.54) is 13.8 Å². The molecule has 0 aromatic rings. The van der Waals surface area contributed by atoms with Gasteiger partial charge in [-0.1, -0.05) is 11.6 Å². The molecule has 1 heterocycles. The maximum absolute atomic E-state index is 12.4. The van der Waals surface area contributed by atoms with Crippen molar-refractivity contribution in [1.29, 1.82) is 0 Å². The molecule has 14 nitrogen and oxygen atoms in total. The van der Waals surface area contributed by atoms with Gasteiger partial charge in [-0.3, -0.25) is 19.2 Å². The summed E-state index contributed by atoms with van der Waals surface area (Å²) in [7, 11) is 0. The Kier molecular flexibility index (Phi) is 13.4. The molecule has 0 N–H and O–H groups in total. The lowest BCUT2D eigenvalue weighted by Crippen LogP contribution is -2.63. The van der Waals surface area contributed by atoms with E-state index in [9.17, 15) is 28.8 Å². The molecule has 0 saturated carbocycles. The Morgan fingerprint density at radius 1 is 0.711 bits per heavy atom. The van der Waals surface area contributed by atoms with Crippen molar-refractivity contribution in [3.8, 4) is 0 Å². The van der Waals surface area contributed by atoms with Crippen LogP contribution in [0.2, 0.25) is 0 Å². The van der Waals surface area contributed by atoms with Crippen LogP contribution in [0.1, 0.15) is 48.0 Å². The number of carbonyl (C=O) groups is 6. The summed E-state index contributed by atoms with van der Waals surface area (Å²) in [6, 6.07) is 0. The number of ether oxygens (including phenoxy) is 8. The number of esters is 6. The highest BCUT2D eigenvalue weighted by molar-refractivity contribution is 6.44. The Hall–Kier alpha value is -2.97. The fourth-order valence-electron chi connectivity index (χ4n) is 3.42. The van der Waals surface area contributed by atoms with Crippen molar-refractivity contribution in [1.82, 2.24) is 0 Å². The minimum atomic E-state index is -2.26. The van der Waals surface area contributed by atoms with Crippen LogP contribution < -0.4 is 0 Å². The summed E-state index contributed by atoms with van der Waals surface area (Å²) in [6.07, 6.45) is -7.51. The average molecular weight is 569 g/mol. The van der Waals surface area contributed by atoms with Crippen molar-refractivity contribution in [3.63, 3.8) is 0 Å². The lowest BCUT2D eigenvalue weighted by atomic mass is 9.98. The molecule has 1 aliphatic heterocycles. The van der Waals surface area contributed by atoms with Gasteiger partial charge in [0.2, 0.25) is 4.87 Å². The molecule has 1 fully saturated rings. The van der Waals surface area contributed by atoms with E-state index in [4.69, 9.17) is 49.5 Å². The van der Waals surface area contributed by atoms with E-state index < -0.39 is 91.0 Å². The Balaban J connectivity index is 3.31. The smallest absolute Gasteiger partial charge is 0.338 e. The van der Waals surface area contributed by atoms with E-state index in [0.717, 1.165) is 27.7 Å². The van der Waals surface area contributed by atoms with Gasteiger partial charge in [0, 0.05) is 34.1 Å². The molecule has 1 saturated heterocycles. The second-order valence-electron chi connectivity index (χ2n) is 7.93. The van der Waals surface area contributed by atoms with Crippen LogP contribution in [0.15, 0.2) is 0 Å². The number of halogens is 1. The molecule has 0 radical (unpaired) electrons. The maximum atomic E-state index is 12.4.